The first-order valence-electron chi connectivity index (χ1n) is 8.19. The molecule has 3 heterocycles. The SMILES string of the molecule is S=c1ncc2c([nH]1)CCN(Cc1cccc(-c3ccc(Cl)cc3)n1)C2. The van der Waals surface area contributed by atoms with Crippen molar-refractivity contribution in [2.75, 3.05) is 6.54 Å². The van der Waals surface area contributed by atoms with Crippen LogP contribution in [-0.2, 0) is 19.5 Å². The Hall–Kier alpha value is -2.08. The molecule has 0 aliphatic carbocycles. The number of hydrogen-bond donors (Lipinski definition) is 1. The summed E-state index contributed by atoms with van der Waals surface area (Å²) in [6, 6.07) is 13.9. The molecule has 0 bridgehead atoms. The van der Waals surface area contributed by atoms with Crippen molar-refractivity contribution in [1.29, 1.82) is 0 Å². The summed E-state index contributed by atoms with van der Waals surface area (Å²) in [7, 11) is 0. The van der Waals surface area contributed by atoms with E-state index in [1.807, 2.05) is 36.5 Å². The molecule has 126 valence electrons. The lowest BCUT2D eigenvalue weighted by Crippen LogP contribution is -2.31. The monoisotopic (exact) mass is 368 g/mol. The second-order valence-corrected chi connectivity index (χ2v) is 7.00. The third-order valence-electron chi connectivity index (χ3n) is 4.39. The van der Waals surface area contributed by atoms with Crippen LogP contribution in [0, 0.1) is 4.77 Å². The summed E-state index contributed by atoms with van der Waals surface area (Å²) in [5.74, 6) is 0. The van der Waals surface area contributed by atoms with E-state index in [1.165, 1.54) is 11.3 Å². The molecule has 2 aromatic heterocycles. The number of aromatic nitrogens is 3. The first-order valence-corrected chi connectivity index (χ1v) is 8.97. The summed E-state index contributed by atoms with van der Waals surface area (Å²) < 4.78 is 0.560. The van der Waals surface area contributed by atoms with Crippen LogP contribution in [0.3, 0.4) is 0 Å². The quantitative estimate of drug-likeness (QED) is 0.695. The minimum atomic E-state index is 0.560. The number of hydrogen-bond acceptors (Lipinski definition) is 4. The van der Waals surface area contributed by atoms with Crippen LogP contribution in [0.1, 0.15) is 17.0 Å². The highest BCUT2D eigenvalue weighted by Gasteiger charge is 2.17. The Kier molecular flexibility index (Phi) is 4.61. The van der Waals surface area contributed by atoms with E-state index in [2.05, 4.69) is 27.0 Å². The standard InChI is InChI=1S/C19H17ClN4S/c20-15-6-4-13(5-7-15)17-3-1-2-16(22-17)12-24-9-8-18-14(11-24)10-21-19(25)23-18/h1-7,10H,8-9,11-12H2,(H,21,23,25). The molecular formula is C19H17ClN4S. The fraction of sp³-hybridized carbons (Fsp3) is 0.211. The molecule has 1 aliphatic heterocycles. The Morgan fingerprint density at radius 3 is 2.84 bits per heavy atom. The first kappa shape index (κ1) is 16.4. The van der Waals surface area contributed by atoms with Crippen LogP contribution in [0.4, 0.5) is 0 Å². The summed E-state index contributed by atoms with van der Waals surface area (Å²) in [6.07, 6.45) is 2.84. The molecule has 4 nitrogen and oxygen atoms in total. The van der Waals surface area contributed by atoms with Crippen molar-refractivity contribution in [3.05, 3.63) is 75.4 Å². The second-order valence-electron chi connectivity index (χ2n) is 6.17. The zero-order chi connectivity index (χ0) is 17.2. The van der Waals surface area contributed by atoms with E-state index < -0.39 is 0 Å². The minimum absolute atomic E-state index is 0.560. The maximum absolute atomic E-state index is 5.97. The number of rotatable bonds is 3. The van der Waals surface area contributed by atoms with Crippen LogP contribution in [0.5, 0.6) is 0 Å². The van der Waals surface area contributed by atoms with Crippen LogP contribution in [0.2, 0.25) is 5.02 Å². The van der Waals surface area contributed by atoms with Crippen LogP contribution in [-0.4, -0.2) is 26.4 Å². The molecule has 0 saturated heterocycles. The van der Waals surface area contributed by atoms with Gasteiger partial charge < -0.3 is 4.98 Å². The molecule has 1 aliphatic rings. The molecule has 0 unspecified atom stereocenters. The fourth-order valence-electron chi connectivity index (χ4n) is 3.12. The van der Waals surface area contributed by atoms with Gasteiger partial charge in [-0.25, -0.2) is 4.98 Å². The molecule has 1 N–H and O–H groups in total. The summed E-state index contributed by atoms with van der Waals surface area (Å²) in [5, 5.41) is 0.736. The summed E-state index contributed by atoms with van der Waals surface area (Å²) in [4.78, 5) is 14.6. The third-order valence-corrected chi connectivity index (χ3v) is 4.85. The molecule has 0 spiro atoms. The van der Waals surface area contributed by atoms with Gasteiger partial charge in [0.2, 0.25) is 0 Å². The molecule has 1 aromatic carbocycles. The van der Waals surface area contributed by atoms with Gasteiger partial charge in [0.05, 0.1) is 11.4 Å². The van der Waals surface area contributed by atoms with E-state index in [0.29, 0.717) is 4.77 Å². The Bertz CT molecular complexity index is 952. The Morgan fingerprint density at radius 1 is 1.16 bits per heavy atom. The van der Waals surface area contributed by atoms with Gasteiger partial charge in [-0.2, -0.15) is 0 Å². The van der Waals surface area contributed by atoms with E-state index >= 15 is 0 Å². The molecule has 0 amide bonds. The Balaban J connectivity index is 1.52. The third kappa shape index (κ3) is 3.79. The number of H-pyrrole nitrogens is 1. The number of halogens is 1. The van der Waals surface area contributed by atoms with Crippen molar-refractivity contribution in [2.45, 2.75) is 19.5 Å². The number of nitrogens with one attached hydrogen (secondary N) is 1. The normalized spacial score (nSPS) is 14.3. The zero-order valence-electron chi connectivity index (χ0n) is 13.6. The molecule has 0 atom stereocenters. The van der Waals surface area contributed by atoms with Gasteiger partial charge >= 0.3 is 0 Å². The molecule has 0 saturated carbocycles. The van der Waals surface area contributed by atoms with Crippen molar-refractivity contribution >= 4 is 23.8 Å². The number of benzene rings is 1. The number of fused-ring (bicyclic) bond motifs is 1. The smallest absolute Gasteiger partial charge is 0.196 e. The topological polar surface area (TPSA) is 44.8 Å². The maximum Gasteiger partial charge on any atom is 0.196 e. The fourth-order valence-corrected chi connectivity index (χ4v) is 3.42. The lowest BCUT2D eigenvalue weighted by Gasteiger charge is -2.27. The zero-order valence-corrected chi connectivity index (χ0v) is 15.1. The van der Waals surface area contributed by atoms with Gasteiger partial charge in [0.25, 0.3) is 0 Å². The predicted octanol–water partition coefficient (Wildman–Crippen LogP) is 4.41. The molecule has 0 radical (unpaired) electrons. The van der Waals surface area contributed by atoms with Gasteiger partial charge in [0.15, 0.2) is 4.77 Å². The van der Waals surface area contributed by atoms with Crippen molar-refractivity contribution in [2.24, 2.45) is 0 Å². The van der Waals surface area contributed by atoms with Crippen LogP contribution < -0.4 is 0 Å². The van der Waals surface area contributed by atoms with E-state index in [-0.39, 0.29) is 0 Å². The number of aromatic amines is 1. The lowest BCUT2D eigenvalue weighted by molar-refractivity contribution is 0.240. The average molecular weight is 369 g/mol. The molecule has 3 aromatic rings. The average Bonchev–Trinajstić information content (AvgIpc) is 2.63. The molecule has 0 fully saturated rings. The molecule has 6 heteroatoms. The summed E-state index contributed by atoms with van der Waals surface area (Å²) in [6.45, 7) is 2.66. The highest BCUT2D eigenvalue weighted by atomic mass is 35.5. The van der Waals surface area contributed by atoms with Crippen molar-refractivity contribution in [1.82, 2.24) is 19.9 Å². The van der Waals surface area contributed by atoms with Crippen LogP contribution in [0.15, 0.2) is 48.7 Å². The van der Waals surface area contributed by atoms with Crippen LogP contribution >= 0.6 is 23.8 Å². The maximum atomic E-state index is 5.97. The first-order chi connectivity index (χ1) is 12.2. The summed E-state index contributed by atoms with van der Waals surface area (Å²) in [5.41, 5.74) is 5.53. The number of nitrogens with zero attached hydrogens (tertiary/aromatic N) is 3. The molecule has 4 rings (SSSR count). The molecule has 25 heavy (non-hydrogen) atoms. The van der Waals surface area contributed by atoms with E-state index in [4.69, 9.17) is 28.8 Å². The minimum Gasteiger partial charge on any atom is -0.334 e. The van der Waals surface area contributed by atoms with Crippen LogP contribution in [0.25, 0.3) is 11.3 Å². The van der Waals surface area contributed by atoms with Crippen molar-refractivity contribution in [3.63, 3.8) is 0 Å². The van der Waals surface area contributed by atoms with Gasteiger partial charge in [-0.15, -0.1) is 0 Å². The lowest BCUT2D eigenvalue weighted by atomic mass is 10.1. The van der Waals surface area contributed by atoms with E-state index in [1.54, 1.807) is 0 Å². The van der Waals surface area contributed by atoms with Gasteiger partial charge in [0, 0.05) is 54.1 Å². The molecular weight excluding hydrogens is 352 g/mol. The Labute approximate surface area is 156 Å². The van der Waals surface area contributed by atoms with E-state index in [0.717, 1.165) is 48.0 Å². The largest absolute Gasteiger partial charge is 0.334 e. The van der Waals surface area contributed by atoms with Gasteiger partial charge in [-0.05, 0) is 36.5 Å². The number of pyridine rings is 1. The second kappa shape index (κ2) is 7.04. The highest BCUT2D eigenvalue weighted by molar-refractivity contribution is 7.71. The van der Waals surface area contributed by atoms with E-state index in [9.17, 15) is 0 Å². The summed E-state index contributed by atoms with van der Waals surface area (Å²) >= 11 is 11.1. The highest BCUT2D eigenvalue weighted by Crippen LogP contribution is 2.22. The van der Waals surface area contributed by atoms with Gasteiger partial charge in [-0.3, -0.25) is 9.88 Å². The van der Waals surface area contributed by atoms with Gasteiger partial charge in [-0.1, -0.05) is 29.8 Å². The Morgan fingerprint density at radius 2 is 2.00 bits per heavy atom. The predicted molar refractivity (Wildman–Crippen MR) is 102 cm³/mol. The van der Waals surface area contributed by atoms with Gasteiger partial charge in [0.1, 0.15) is 0 Å². The van der Waals surface area contributed by atoms with Crippen molar-refractivity contribution in [3.8, 4) is 11.3 Å². The van der Waals surface area contributed by atoms with Crippen molar-refractivity contribution < 1.29 is 0 Å².